The van der Waals surface area contributed by atoms with Gasteiger partial charge in [-0.3, -0.25) is 4.57 Å². The fourth-order valence-corrected chi connectivity index (χ4v) is 2.42. The average Bonchev–Trinajstić information content (AvgIpc) is 2.63. The lowest BCUT2D eigenvalue weighted by molar-refractivity contribution is 0.660. The van der Waals surface area contributed by atoms with Crippen LogP contribution in [-0.4, -0.2) is 24.7 Å². The molecule has 0 radical (unpaired) electrons. The van der Waals surface area contributed by atoms with Gasteiger partial charge in [0.15, 0.2) is 5.16 Å². The number of hydrogen-bond acceptors (Lipinski definition) is 5. The van der Waals surface area contributed by atoms with Gasteiger partial charge in [0.2, 0.25) is 0 Å². The number of rotatable bonds is 3. The van der Waals surface area contributed by atoms with Gasteiger partial charge >= 0.3 is 5.69 Å². The maximum Gasteiger partial charge on any atom is 0.343 e. The van der Waals surface area contributed by atoms with E-state index in [4.69, 9.17) is 0 Å². The molecule has 2 heterocycles. The topological polar surface area (TPSA) is 76.5 Å². The molecule has 6 nitrogen and oxygen atoms in total. The fourth-order valence-electron chi connectivity index (χ4n) is 1.12. The Hall–Kier alpha value is -1.15. The molecule has 0 saturated carbocycles. The molecule has 2 rings (SSSR count). The van der Waals surface area contributed by atoms with Crippen LogP contribution in [0.15, 0.2) is 32.0 Å². The van der Waals surface area contributed by atoms with E-state index >= 15 is 0 Å². The smallest absolute Gasteiger partial charge is 0.270 e. The molecule has 0 aliphatic carbocycles. The van der Waals surface area contributed by atoms with Crippen molar-refractivity contribution in [1.29, 1.82) is 0 Å². The molecule has 0 atom stereocenters. The Morgan fingerprint density at radius 3 is 3.12 bits per heavy atom. The molecule has 0 aliphatic rings. The normalized spacial score (nSPS) is 10.6. The highest BCUT2D eigenvalue weighted by Crippen LogP contribution is 2.28. The molecule has 84 valence electrons. The van der Waals surface area contributed by atoms with Crippen molar-refractivity contribution in [1.82, 2.24) is 24.7 Å². The summed E-state index contributed by atoms with van der Waals surface area (Å²) in [6.45, 7) is 2.45. The van der Waals surface area contributed by atoms with Crippen molar-refractivity contribution in [3.63, 3.8) is 0 Å². The maximum absolute atomic E-state index is 11.3. The van der Waals surface area contributed by atoms with Crippen LogP contribution >= 0.6 is 27.7 Å². The fraction of sp³-hybridized carbons (Fsp3) is 0.250. The zero-order valence-electron chi connectivity index (χ0n) is 8.35. The summed E-state index contributed by atoms with van der Waals surface area (Å²) >= 11 is 4.64. The van der Waals surface area contributed by atoms with Gasteiger partial charge in [0, 0.05) is 12.7 Å². The standard InChI is InChI=1S/C8H8BrN5OS/c1-2-14-7(15)12-13-8(14)16-6-5(9)3-10-4-11-6/h3-4H,2H2,1H3,(H,12,15). The molecule has 2 aromatic heterocycles. The van der Waals surface area contributed by atoms with Crippen molar-refractivity contribution in [3.05, 3.63) is 27.5 Å². The second-order valence-corrected chi connectivity index (χ2v) is 4.64. The number of halogens is 1. The Morgan fingerprint density at radius 1 is 1.62 bits per heavy atom. The average molecular weight is 302 g/mol. The summed E-state index contributed by atoms with van der Waals surface area (Å²) in [6, 6.07) is 0. The second kappa shape index (κ2) is 4.79. The first-order chi connectivity index (χ1) is 7.72. The van der Waals surface area contributed by atoms with Crippen molar-refractivity contribution in [2.24, 2.45) is 0 Å². The number of nitrogens with zero attached hydrogens (tertiary/aromatic N) is 4. The van der Waals surface area contributed by atoms with Gasteiger partial charge in [-0.05, 0) is 34.6 Å². The van der Waals surface area contributed by atoms with Crippen molar-refractivity contribution >= 4 is 27.7 Å². The first-order valence-corrected chi connectivity index (χ1v) is 6.12. The lowest BCUT2D eigenvalue weighted by Crippen LogP contribution is -2.16. The summed E-state index contributed by atoms with van der Waals surface area (Å²) in [5.74, 6) is 0. The van der Waals surface area contributed by atoms with Crippen molar-refractivity contribution < 1.29 is 0 Å². The molecule has 0 unspecified atom stereocenters. The summed E-state index contributed by atoms with van der Waals surface area (Å²) in [6.07, 6.45) is 3.10. The first-order valence-electron chi connectivity index (χ1n) is 4.51. The third-order valence-corrected chi connectivity index (χ3v) is 3.72. The van der Waals surface area contributed by atoms with Crippen LogP contribution in [0.2, 0.25) is 0 Å². The predicted molar refractivity (Wildman–Crippen MR) is 62.4 cm³/mol. The molecule has 8 heteroatoms. The summed E-state index contributed by atoms with van der Waals surface area (Å²) < 4.78 is 2.32. The molecule has 0 aromatic carbocycles. The van der Waals surface area contributed by atoms with E-state index in [9.17, 15) is 4.79 Å². The van der Waals surface area contributed by atoms with Gasteiger partial charge in [0.1, 0.15) is 11.4 Å². The third kappa shape index (κ3) is 2.17. The minimum atomic E-state index is -0.213. The van der Waals surface area contributed by atoms with Crippen LogP contribution in [0.1, 0.15) is 6.92 Å². The Morgan fingerprint density at radius 2 is 2.44 bits per heavy atom. The van der Waals surface area contributed by atoms with E-state index in [0.29, 0.717) is 11.7 Å². The van der Waals surface area contributed by atoms with Gasteiger partial charge in [-0.1, -0.05) is 0 Å². The van der Waals surface area contributed by atoms with Crippen molar-refractivity contribution in [3.8, 4) is 0 Å². The maximum atomic E-state index is 11.3. The Balaban J connectivity index is 2.34. The molecular weight excluding hydrogens is 294 g/mol. The van der Waals surface area contributed by atoms with E-state index in [-0.39, 0.29) is 5.69 Å². The van der Waals surface area contributed by atoms with Crippen LogP contribution in [0.4, 0.5) is 0 Å². The first kappa shape index (κ1) is 11.3. The molecule has 0 fully saturated rings. The lowest BCUT2D eigenvalue weighted by Gasteiger charge is -2.02. The lowest BCUT2D eigenvalue weighted by atomic mass is 10.7. The number of aromatic amines is 1. The molecule has 0 aliphatic heterocycles. The molecular formula is C8H8BrN5OS. The van der Waals surface area contributed by atoms with E-state index in [0.717, 1.165) is 9.50 Å². The highest BCUT2D eigenvalue weighted by Gasteiger charge is 2.11. The summed E-state index contributed by atoms with van der Waals surface area (Å²) in [5.41, 5.74) is -0.213. The summed E-state index contributed by atoms with van der Waals surface area (Å²) in [5, 5.41) is 7.65. The van der Waals surface area contributed by atoms with E-state index in [2.05, 4.69) is 36.1 Å². The van der Waals surface area contributed by atoms with Gasteiger partial charge in [0.05, 0.1) is 4.47 Å². The quantitative estimate of drug-likeness (QED) is 0.865. The van der Waals surface area contributed by atoms with Crippen LogP contribution in [0.5, 0.6) is 0 Å². The van der Waals surface area contributed by atoms with Gasteiger partial charge in [0.25, 0.3) is 0 Å². The van der Waals surface area contributed by atoms with E-state index in [1.54, 1.807) is 10.8 Å². The van der Waals surface area contributed by atoms with Gasteiger partial charge < -0.3 is 0 Å². The van der Waals surface area contributed by atoms with Crippen LogP contribution in [0.3, 0.4) is 0 Å². The van der Waals surface area contributed by atoms with E-state index < -0.39 is 0 Å². The minimum absolute atomic E-state index is 0.213. The van der Waals surface area contributed by atoms with Gasteiger partial charge in [-0.25, -0.2) is 19.9 Å². The third-order valence-electron chi connectivity index (χ3n) is 1.86. The van der Waals surface area contributed by atoms with E-state index in [1.807, 2.05) is 6.92 Å². The molecule has 0 saturated heterocycles. The monoisotopic (exact) mass is 301 g/mol. The Bertz CT molecular complexity index is 551. The molecule has 2 aromatic rings. The SMILES string of the molecule is CCn1c(Sc2ncncc2Br)n[nH]c1=O. The molecule has 0 bridgehead atoms. The highest BCUT2D eigenvalue weighted by molar-refractivity contribution is 9.10. The summed E-state index contributed by atoms with van der Waals surface area (Å²) in [4.78, 5) is 19.3. The van der Waals surface area contributed by atoms with E-state index in [1.165, 1.54) is 18.1 Å². The number of aromatic nitrogens is 5. The molecule has 1 N–H and O–H groups in total. The number of nitrogens with one attached hydrogen (secondary N) is 1. The Kier molecular flexibility index (Phi) is 3.39. The van der Waals surface area contributed by atoms with Crippen molar-refractivity contribution in [2.75, 3.05) is 0 Å². The van der Waals surface area contributed by atoms with Crippen LogP contribution in [0.25, 0.3) is 0 Å². The Labute approximate surface area is 104 Å². The number of hydrogen-bond donors (Lipinski definition) is 1. The van der Waals surface area contributed by atoms with Gasteiger partial charge in [-0.2, -0.15) is 0 Å². The molecule has 16 heavy (non-hydrogen) atoms. The van der Waals surface area contributed by atoms with Gasteiger partial charge in [-0.15, -0.1) is 5.10 Å². The van der Waals surface area contributed by atoms with Crippen LogP contribution in [0, 0.1) is 0 Å². The number of H-pyrrole nitrogens is 1. The predicted octanol–water partition coefficient (Wildman–Crippen LogP) is 1.29. The van der Waals surface area contributed by atoms with Crippen LogP contribution in [-0.2, 0) is 6.54 Å². The zero-order valence-corrected chi connectivity index (χ0v) is 10.7. The highest BCUT2D eigenvalue weighted by atomic mass is 79.9. The molecule has 0 spiro atoms. The largest absolute Gasteiger partial charge is 0.343 e. The van der Waals surface area contributed by atoms with Crippen molar-refractivity contribution in [2.45, 2.75) is 23.7 Å². The molecule has 0 amide bonds. The second-order valence-electron chi connectivity index (χ2n) is 2.83. The minimum Gasteiger partial charge on any atom is -0.270 e. The zero-order chi connectivity index (χ0) is 11.5. The van der Waals surface area contributed by atoms with Crippen LogP contribution < -0.4 is 5.69 Å². The summed E-state index contributed by atoms with van der Waals surface area (Å²) in [7, 11) is 0.